The van der Waals surface area contributed by atoms with E-state index < -0.39 is 11.9 Å². The van der Waals surface area contributed by atoms with Crippen molar-refractivity contribution in [1.82, 2.24) is 4.90 Å². The molecule has 1 N–H and O–H groups in total. The summed E-state index contributed by atoms with van der Waals surface area (Å²) >= 11 is 0. The van der Waals surface area contributed by atoms with Crippen molar-refractivity contribution in [3.05, 3.63) is 34.9 Å². The van der Waals surface area contributed by atoms with E-state index in [4.69, 9.17) is 5.11 Å². The van der Waals surface area contributed by atoms with Crippen molar-refractivity contribution in [2.75, 3.05) is 6.54 Å². The third kappa shape index (κ3) is 2.69. The number of carbonyl (C=O) groups excluding carboxylic acids is 1. The quantitative estimate of drug-likeness (QED) is 0.919. The van der Waals surface area contributed by atoms with Gasteiger partial charge in [0.2, 0.25) is 5.91 Å². The lowest BCUT2D eigenvalue weighted by molar-refractivity contribution is -0.143. The fourth-order valence-electron chi connectivity index (χ4n) is 3.00. The number of aliphatic carboxylic acids is 1. The third-order valence-corrected chi connectivity index (χ3v) is 4.36. The Labute approximate surface area is 119 Å². The molecule has 4 nitrogen and oxygen atoms in total. The van der Waals surface area contributed by atoms with Crippen molar-refractivity contribution in [3.8, 4) is 0 Å². The molecule has 1 aromatic carbocycles. The first kappa shape index (κ1) is 14.6. The van der Waals surface area contributed by atoms with Crippen LogP contribution >= 0.6 is 0 Å². The molecule has 0 bridgehead atoms. The predicted molar refractivity (Wildman–Crippen MR) is 76.5 cm³/mol. The Kier molecular flexibility index (Phi) is 4.12. The second-order valence-electron chi connectivity index (χ2n) is 5.61. The van der Waals surface area contributed by atoms with Crippen molar-refractivity contribution in [2.24, 2.45) is 5.92 Å². The van der Waals surface area contributed by atoms with Gasteiger partial charge in [-0.3, -0.25) is 9.59 Å². The van der Waals surface area contributed by atoms with Gasteiger partial charge in [0.1, 0.15) is 0 Å². The van der Waals surface area contributed by atoms with E-state index in [9.17, 15) is 9.59 Å². The van der Waals surface area contributed by atoms with Crippen LogP contribution in [0.1, 0.15) is 30.0 Å². The van der Waals surface area contributed by atoms with Gasteiger partial charge in [0, 0.05) is 12.6 Å². The standard InChI is InChI=1S/C16H21NO3/c1-10-5-4-6-11(2)14(10)9-15(18)17-8-7-13(12(17)3)16(19)20/h4-6,12-13H,7-9H2,1-3H3,(H,19,20). The number of nitrogens with zero attached hydrogens (tertiary/aromatic N) is 1. The zero-order valence-electron chi connectivity index (χ0n) is 12.2. The third-order valence-electron chi connectivity index (χ3n) is 4.36. The fraction of sp³-hybridized carbons (Fsp3) is 0.500. The average molecular weight is 275 g/mol. The Morgan fingerprint density at radius 3 is 2.40 bits per heavy atom. The number of hydrogen-bond donors (Lipinski definition) is 1. The number of carboxylic acids is 1. The summed E-state index contributed by atoms with van der Waals surface area (Å²) in [7, 11) is 0. The molecule has 1 fully saturated rings. The molecule has 0 aromatic heterocycles. The first-order valence-corrected chi connectivity index (χ1v) is 6.99. The fourth-order valence-corrected chi connectivity index (χ4v) is 3.00. The minimum absolute atomic E-state index is 0.0265. The van der Waals surface area contributed by atoms with E-state index in [0.717, 1.165) is 16.7 Å². The lowest BCUT2D eigenvalue weighted by Crippen LogP contribution is -2.38. The monoisotopic (exact) mass is 275 g/mol. The summed E-state index contributed by atoms with van der Waals surface area (Å²) in [6, 6.07) is 5.77. The normalized spacial score (nSPS) is 22.1. The Hall–Kier alpha value is -1.84. The molecule has 2 atom stereocenters. The Bertz CT molecular complexity index is 518. The molecule has 4 heteroatoms. The maximum absolute atomic E-state index is 12.4. The van der Waals surface area contributed by atoms with Crippen LogP contribution in [0.25, 0.3) is 0 Å². The average Bonchev–Trinajstić information content (AvgIpc) is 2.76. The van der Waals surface area contributed by atoms with Crippen LogP contribution in [0.4, 0.5) is 0 Å². The lowest BCUT2D eigenvalue weighted by atomic mass is 9.99. The molecular weight excluding hydrogens is 254 g/mol. The summed E-state index contributed by atoms with van der Waals surface area (Å²) in [6.07, 6.45) is 0.907. The van der Waals surface area contributed by atoms with Crippen molar-refractivity contribution >= 4 is 11.9 Å². The number of hydrogen-bond acceptors (Lipinski definition) is 2. The highest BCUT2D eigenvalue weighted by Gasteiger charge is 2.37. The van der Waals surface area contributed by atoms with Crippen LogP contribution in [-0.2, 0) is 16.0 Å². The van der Waals surface area contributed by atoms with Gasteiger partial charge in [0.05, 0.1) is 12.3 Å². The molecule has 1 heterocycles. The highest BCUT2D eigenvalue weighted by Crippen LogP contribution is 2.25. The van der Waals surface area contributed by atoms with Gasteiger partial charge in [-0.15, -0.1) is 0 Å². The summed E-state index contributed by atoms with van der Waals surface area (Å²) in [4.78, 5) is 25.3. The van der Waals surface area contributed by atoms with E-state index in [0.29, 0.717) is 19.4 Å². The molecule has 108 valence electrons. The zero-order valence-corrected chi connectivity index (χ0v) is 12.2. The van der Waals surface area contributed by atoms with Gasteiger partial charge in [-0.25, -0.2) is 0 Å². The molecular formula is C16H21NO3. The number of benzene rings is 1. The van der Waals surface area contributed by atoms with Crippen LogP contribution in [-0.4, -0.2) is 34.5 Å². The van der Waals surface area contributed by atoms with E-state index in [1.807, 2.05) is 39.0 Å². The molecule has 0 aliphatic carbocycles. The van der Waals surface area contributed by atoms with Gasteiger partial charge >= 0.3 is 5.97 Å². The molecule has 1 aliphatic heterocycles. The summed E-state index contributed by atoms with van der Waals surface area (Å²) < 4.78 is 0. The zero-order chi connectivity index (χ0) is 14.9. The number of carbonyl (C=O) groups is 2. The van der Waals surface area contributed by atoms with Gasteiger partial charge in [0.25, 0.3) is 0 Å². The van der Waals surface area contributed by atoms with Crippen LogP contribution in [0, 0.1) is 19.8 Å². The van der Waals surface area contributed by atoms with Gasteiger partial charge < -0.3 is 10.0 Å². The van der Waals surface area contributed by atoms with Gasteiger partial charge in [-0.2, -0.15) is 0 Å². The van der Waals surface area contributed by atoms with Crippen molar-refractivity contribution in [3.63, 3.8) is 0 Å². The van der Waals surface area contributed by atoms with Crippen LogP contribution in [0.2, 0.25) is 0 Å². The highest BCUT2D eigenvalue weighted by atomic mass is 16.4. The number of carboxylic acid groups (broad SMARTS) is 1. The Balaban J connectivity index is 2.12. The van der Waals surface area contributed by atoms with E-state index in [-0.39, 0.29) is 11.9 Å². The van der Waals surface area contributed by atoms with Crippen LogP contribution in [0.15, 0.2) is 18.2 Å². The maximum Gasteiger partial charge on any atom is 0.308 e. The van der Waals surface area contributed by atoms with Crippen LogP contribution in [0.3, 0.4) is 0 Å². The second-order valence-corrected chi connectivity index (χ2v) is 5.61. The van der Waals surface area contributed by atoms with Gasteiger partial charge in [0.15, 0.2) is 0 Å². The molecule has 1 amide bonds. The highest BCUT2D eigenvalue weighted by molar-refractivity contribution is 5.82. The largest absolute Gasteiger partial charge is 0.481 e. The number of aryl methyl sites for hydroxylation is 2. The maximum atomic E-state index is 12.4. The van der Waals surface area contributed by atoms with Crippen molar-refractivity contribution < 1.29 is 14.7 Å². The lowest BCUT2D eigenvalue weighted by Gasteiger charge is -2.24. The predicted octanol–water partition coefficient (Wildman–Crippen LogP) is 2.17. The van der Waals surface area contributed by atoms with Crippen molar-refractivity contribution in [2.45, 2.75) is 39.7 Å². The van der Waals surface area contributed by atoms with Crippen LogP contribution in [0.5, 0.6) is 0 Å². The molecule has 20 heavy (non-hydrogen) atoms. The summed E-state index contributed by atoms with van der Waals surface area (Å²) in [5.74, 6) is -1.21. The van der Waals surface area contributed by atoms with Crippen LogP contribution < -0.4 is 0 Å². The molecule has 2 unspecified atom stereocenters. The minimum atomic E-state index is -0.806. The van der Waals surface area contributed by atoms with Gasteiger partial charge in [-0.1, -0.05) is 18.2 Å². The molecule has 2 rings (SSSR count). The molecule has 0 radical (unpaired) electrons. The second kappa shape index (κ2) is 5.65. The summed E-state index contributed by atoms with van der Waals surface area (Å²) in [5, 5.41) is 9.12. The van der Waals surface area contributed by atoms with E-state index >= 15 is 0 Å². The first-order chi connectivity index (χ1) is 9.41. The molecule has 1 aromatic rings. The molecule has 1 saturated heterocycles. The van der Waals surface area contributed by atoms with Gasteiger partial charge in [-0.05, 0) is 43.9 Å². The smallest absolute Gasteiger partial charge is 0.308 e. The first-order valence-electron chi connectivity index (χ1n) is 6.99. The number of likely N-dealkylation sites (tertiary alicyclic amines) is 1. The van der Waals surface area contributed by atoms with Crippen molar-refractivity contribution in [1.29, 1.82) is 0 Å². The number of amides is 1. The molecule has 0 spiro atoms. The SMILES string of the molecule is Cc1cccc(C)c1CC(=O)N1CCC(C(=O)O)C1C. The Morgan fingerprint density at radius 2 is 1.90 bits per heavy atom. The summed E-state index contributed by atoms with van der Waals surface area (Å²) in [6.45, 7) is 6.38. The number of rotatable bonds is 3. The van der Waals surface area contributed by atoms with E-state index in [1.165, 1.54) is 0 Å². The summed E-state index contributed by atoms with van der Waals surface area (Å²) in [5.41, 5.74) is 3.28. The van der Waals surface area contributed by atoms with E-state index in [1.54, 1.807) is 4.90 Å². The Morgan fingerprint density at radius 1 is 1.30 bits per heavy atom. The minimum Gasteiger partial charge on any atom is -0.481 e. The molecule has 0 saturated carbocycles. The molecule has 1 aliphatic rings. The topological polar surface area (TPSA) is 57.6 Å². The van der Waals surface area contributed by atoms with E-state index in [2.05, 4.69) is 0 Å².